The van der Waals surface area contributed by atoms with Crippen molar-refractivity contribution >= 4 is 15.9 Å². The van der Waals surface area contributed by atoms with Gasteiger partial charge in [-0.25, -0.2) is 0 Å². The third kappa shape index (κ3) is 2.52. The third-order valence-electron chi connectivity index (χ3n) is 3.66. The molecule has 0 saturated carbocycles. The normalized spacial score (nSPS) is 28.5. The Morgan fingerprint density at radius 2 is 2.39 bits per heavy atom. The van der Waals surface area contributed by atoms with Crippen LogP contribution in [-0.4, -0.2) is 36.2 Å². The summed E-state index contributed by atoms with van der Waals surface area (Å²) in [6.07, 6.45) is 1.88. The first kappa shape index (κ1) is 13.7. The first-order valence-corrected chi connectivity index (χ1v) is 6.88. The third-order valence-corrected chi connectivity index (χ3v) is 4.16. The van der Waals surface area contributed by atoms with Gasteiger partial charge in [-0.3, -0.25) is 4.90 Å². The highest BCUT2D eigenvalue weighted by atomic mass is 79.9. The predicted octanol–water partition coefficient (Wildman–Crippen LogP) is 1.71. The molecule has 1 fully saturated rings. The van der Waals surface area contributed by atoms with Gasteiger partial charge in [-0.2, -0.15) is 0 Å². The summed E-state index contributed by atoms with van der Waals surface area (Å²) in [5.41, 5.74) is 7.16. The van der Waals surface area contributed by atoms with Crippen LogP contribution in [0.1, 0.15) is 5.56 Å². The maximum Gasteiger partial charge on any atom is 0.0602 e. The van der Waals surface area contributed by atoms with E-state index in [2.05, 4.69) is 27.4 Å². The van der Waals surface area contributed by atoms with Crippen LogP contribution in [0.4, 0.5) is 0 Å². The van der Waals surface area contributed by atoms with Crippen LogP contribution in [0.2, 0.25) is 0 Å². The molecule has 1 aromatic carbocycles. The number of hydrogen-bond acceptors (Lipinski definition) is 3. The van der Waals surface area contributed by atoms with Crippen molar-refractivity contribution in [3.8, 4) is 0 Å². The Bertz CT molecular complexity index is 438. The van der Waals surface area contributed by atoms with Crippen LogP contribution in [0, 0.1) is 5.92 Å². The van der Waals surface area contributed by atoms with Crippen LogP contribution in [0.25, 0.3) is 0 Å². The molecule has 1 aliphatic rings. The molecule has 2 atom stereocenters. The summed E-state index contributed by atoms with van der Waals surface area (Å²) in [5, 5.41) is 9.57. The van der Waals surface area contributed by atoms with Crippen LogP contribution < -0.4 is 5.73 Å². The molecule has 1 saturated heterocycles. The first-order chi connectivity index (χ1) is 8.60. The summed E-state index contributed by atoms with van der Waals surface area (Å²) in [7, 11) is 0. The van der Waals surface area contributed by atoms with Crippen molar-refractivity contribution in [1.29, 1.82) is 0 Å². The van der Waals surface area contributed by atoms with Crippen LogP contribution in [0.15, 0.2) is 41.4 Å². The lowest BCUT2D eigenvalue weighted by Crippen LogP contribution is -2.45. The van der Waals surface area contributed by atoms with Crippen molar-refractivity contribution in [1.82, 2.24) is 4.90 Å². The molecule has 1 heterocycles. The fourth-order valence-electron chi connectivity index (χ4n) is 2.69. The lowest BCUT2D eigenvalue weighted by molar-refractivity contribution is 0.185. The van der Waals surface area contributed by atoms with Crippen molar-refractivity contribution in [3.63, 3.8) is 0 Å². The van der Waals surface area contributed by atoms with Crippen molar-refractivity contribution in [3.05, 3.63) is 47.0 Å². The Morgan fingerprint density at radius 1 is 1.61 bits per heavy atom. The molecule has 0 aliphatic carbocycles. The summed E-state index contributed by atoms with van der Waals surface area (Å²) < 4.78 is 1.02. The van der Waals surface area contributed by atoms with Gasteiger partial charge in [0.05, 0.1) is 5.54 Å². The van der Waals surface area contributed by atoms with E-state index in [1.54, 1.807) is 0 Å². The molecule has 0 aromatic heterocycles. The molecule has 0 radical (unpaired) electrons. The Hall–Kier alpha value is -0.680. The monoisotopic (exact) mass is 310 g/mol. The molecule has 0 unspecified atom stereocenters. The Balaban J connectivity index is 2.30. The van der Waals surface area contributed by atoms with Gasteiger partial charge in [-0.05, 0) is 17.7 Å². The number of nitrogens with two attached hydrogens (primary N) is 1. The second-order valence-corrected chi connectivity index (χ2v) is 5.83. The van der Waals surface area contributed by atoms with Crippen molar-refractivity contribution in [2.45, 2.75) is 5.54 Å². The summed E-state index contributed by atoms with van der Waals surface area (Å²) >= 11 is 3.47. The number of likely N-dealkylation sites (tertiary alicyclic amines) is 1. The van der Waals surface area contributed by atoms with Gasteiger partial charge in [0, 0.05) is 36.6 Å². The number of hydrogen-bond donors (Lipinski definition) is 2. The van der Waals surface area contributed by atoms with Gasteiger partial charge in [0.15, 0.2) is 0 Å². The minimum atomic E-state index is -0.485. The van der Waals surface area contributed by atoms with E-state index < -0.39 is 5.54 Å². The van der Waals surface area contributed by atoms with Crippen molar-refractivity contribution in [2.24, 2.45) is 11.7 Å². The number of rotatable bonds is 4. The lowest BCUT2D eigenvalue weighted by atomic mass is 9.82. The summed E-state index contributed by atoms with van der Waals surface area (Å²) in [5.74, 6) is 0.0618. The quantitative estimate of drug-likeness (QED) is 0.833. The fraction of sp³-hybridized carbons (Fsp3) is 0.429. The number of nitrogens with zero attached hydrogens (tertiary/aromatic N) is 1. The Kier molecular flexibility index (Phi) is 4.22. The van der Waals surface area contributed by atoms with Crippen LogP contribution >= 0.6 is 15.9 Å². The maximum atomic E-state index is 9.57. The van der Waals surface area contributed by atoms with Crippen LogP contribution in [-0.2, 0) is 5.54 Å². The molecule has 1 aliphatic heterocycles. The zero-order valence-corrected chi connectivity index (χ0v) is 11.9. The molecule has 1 aromatic rings. The second kappa shape index (κ2) is 5.53. The van der Waals surface area contributed by atoms with Gasteiger partial charge in [-0.15, -0.1) is 6.58 Å². The van der Waals surface area contributed by atoms with E-state index in [1.165, 1.54) is 0 Å². The number of aliphatic hydroxyl groups is 1. The summed E-state index contributed by atoms with van der Waals surface area (Å²) in [4.78, 5) is 2.23. The average molecular weight is 311 g/mol. The van der Waals surface area contributed by atoms with Crippen LogP contribution in [0.3, 0.4) is 0 Å². The molecule has 2 rings (SSSR count). The maximum absolute atomic E-state index is 9.57. The van der Waals surface area contributed by atoms with Gasteiger partial charge < -0.3 is 10.8 Å². The minimum Gasteiger partial charge on any atom is -0.396 e. The van der Waals surface area contributed by atoms with E-state index >= 15 is 0 Å². The molecule has 3 N–H and O–H groups in total. The minimum absolute atomic E-state index is 0.0618. The van der Waals surface area contributed by atoms with E-state index in [0.29, 0.717) is 0 Å². The SMILES string of the molecule is C=CCN1C[C@@H](CO)[C@](N)(c2cccc(Br)c2)C1. The molecule has 4 heteroatoms. The van der Waals surface area contributed by atoms with E-state index in [1.807, 2.05) is 30.3 Å². The highest BCUT2D eigenvalue weighted by molar-refractivity contribution is 9.10. The number of benzene rings is 1. The zero-order chi connectivity index (χ0) is 13.2. The number of halogens is 1. The Morgan fingerprint density at radius 3 is 3.00 bits per heavy atom. The fourth-order valence-corrected chi connectivity index (χ4v) is 3.08. The van der Waals surface area contributed by atoms with Gasteiger partial charge in [0.2, 0.25) is 0 Å². The largest absolute Gasteiger partial charge is 0.396 e. The van der Waals surface area contributed by atoms with Crippen molar-refractivity contribution < 1.29 is 5.11 Å². The van der Waals surface area contributed by atoms with E-state index in [0.717, 1.165) is 29.7 Å². The van der Waals surface area contributed by atoms with Crippen LogP contribution in [0.5, 0.6) is 0 Å². The molecular weight excluding hydrogens is 292 g/mol. The van der Waals surface area contributed by atoms with E-state index in [9.17, 15) is 5.11 Å². The topological polar surface area (TPSA) is 49.5 Å². The van der Waals surface area contributed by atoms with E-state index in [-0.39, 0.29) is 12.5 Å². The smallest absolute Gasteiger partial charge is 0.0602 e. The molecular formula is C14H19BrN2O. The van der Waals surface area contributed by atoms with Gasteiger partial charge in [-0.1, -0.05) is 34.1 Å². The van der Waals surface area contributed by atoms with E-state index in [4.69, 9.17) is 5.73 Å². The number of aliphatic hydroxyl groups excluding tert-OH is 1. The molecule has 98 valence electrons. The van der Waals surface area contributed by atoms with Crippen molar-refractivity contribution in [2.75, 3.05) is 26.2 Å². The molecule has 0 amide bonds. The average Bonchev–Trinajstić information content (AvgIpc) is 2.67. The molecule has 0 bridgehead atoms. The summed E-state index contributed by atoms with van der Waals surface area (Å²) in [6, 6.07) is 8.04. The second-order valence-electron chi connectivity index (χ2n) is 4.91. The Labute approximate surface area is 116 Å². The predicted molar refractivity (Wildman–Crippen MR) is 77.2 cm³/mol. The first-order valence-electron chi connectivity index (χ1n) is 6.09. The molecule has 0 spiro atoms. The molecule has 3 nitrogen and oxygen atoms in total. The highest BCUT2D eigenvalue weighted by Gasteiger charge is 2.44. The van der Waals surface area contributed by atoms with Gasteiger partial charge in [0.25, 0.3) is 0 Å². The zero-order valence-electron chi connectivity index (χ0n) is 10.3. The standard InChI is InChI=1S/C14H19BrN2O/c1-2-6-17-8-12(9-18)14(16,10-17)11-4-3-5-13(15)7-11/h2-5,7,12,18H,1,6,8-10,16H2/t12-,14+/m0/s1. The highest BCUT2D eigenvalue weighted by Crippen LogP contribution is 2.35. The summed E-state index contributed by atoms with van der Waals surface area (Å²) in [6.45, 7) is 6.24. The van der Waals surface area contributed by atoms with Gasteiger partial charge >= 0.3 is 0 Å². The lowest BCUT2D eigenvalue weighted by Gasteiger charge is -2.30. The van der Waals surface area contributed by atoms with Gasteiger partial charge in [0.1, 0.15) is 0 Å². The molecule has 18 heavy (non-hydrogen) atoms.